The minimum Gasteiger partial charge on any atom is -0.272 e. The lowest BCUT2D eigenvalue weighted by Gasteiger charge is -2.10. The van der Waals surface area contributed by atoms with Gasteiger partial charge in [0.15, 0.2) is 11.0 Å². The molecule has 0 saturated carbocycles. The predicted octanol–water partition coefficient (Wildman–Crippen LogP) is 4.74. The first-order valence-electron chi connectivity index (χ1n) is 9.98. The smallest absolute Gasteiger partial charge is 0.272 e. The van der Waals surface area contributed by atoms with Crippen LogP contribution in [0.3, 0.4) is 0 Å². The number of benzene rings is 3. The molecule has 9 nitrogen and oxygen atoms in total. The third kappa shape index (κ3) is 5.48. The van der Waals surface area contributed by atoms with E-state index >= 15 is 0 Å². The van der Waals surface area contributed by atoms with E-state index in [1.165, 1.54) is 24.0 Å². The highest BCUT2D eigenvalue weighted by Gasteiger charge is 2.17. The molecular formula is C23H17ClN6O3S. The quantitative estimate of drug-likeness (QED) is 0.164. The molecule has 4 rings (SSSR count). The minimum atomic E-state index is -0.506. The van der Waals surface area contributed by atoms with E-state index < -0.39 is 10.8 Å². The van der Waals surface area contributed by atoms with Gasteiger partial charge in [-0.2, -0.15) is 5.10 Å². The number of halogens is 1. The monoisotopic (exact) mass is 492 g/mol. The fourth-order valence-electron chi connectivity index (χ4n) is 3.06. The first-order valence-corrected chi connectivity index (χ1v) is 11.3. The lowest BCUT2D eigenvalue weighted by Crippen LogP contribution is -2.20. The van der Waals surface area contributed by atoms with Crippen molar-refractivity contribution in [2.75, 3.05) is 5.75 Å². The molecule has 1 aromatic heterocycles. The largest absolute Gasteiger partial charge is 0.278 e. The van der Waals surface area contributed by atoms with Crippen LogP contribution in [-0.4, -0.2) is 37.6 Å². The number of hydrogen-bond acceptors (Lipinski definition) is 7. The van der Waals surface area contributed by atoms with E-state index in [-0.39, 0.29) is 17.0 Å². The molecule has 170 valence electrons. The molecule has 0 aliphatic rings. The molecule has 0 aliphatic carbocycles. The van der Waals surface area contributed by atoms with Crippen LogP contribution in [0, 0.1) is 10.1 Å². The Bertz CT molecular complexity index is 1340. The van der Waals surface area contributed by atoms with Crippen molar-refractivity contribution in [1.82, 2.24) is 20.2 Å². The second-order valence-corrected chi connectivity index (χ2v) is 8.26. The number of carbonyl (C=O) groups is 1. The van der Waals surface area contributed by atoms with Crippen LogP contribution in [0.5, 0.6) is 0 Å². The molecule has 0 radical (unpaired) electrons. The lowest BCUT2D eigenvalue weighted by atomic mass is 10.2. The van der Waals surface area contributed by atoms with Crippen molar-refractivity contribution in [3.05, 3.63) is 99.6 Å². The van der Waals surface area contributed by atoms with Crippen LogP contribution in [0.25, 0.3) is 17.1 Å². The van der Waals surface area contributed by atoms with Crippen molar-refractivity contribution in [2.45, 2.75) is 5.16 Å². The summed E-state index contributed by atoms with van der Waals surface area (Å²) in [5, 5.41) is 24.6. The number of thioether (sulfide) groups is 1. The van der Waals surface area contributed by atoms with E-state index in [0.29, 0.717) is 16.0 Å². The summed E-state index contributed by atoms with van der Waals surface area (Å²) in [6.45, 7) is 0. The average molecular weight is 493 g/mol. The Morgan fingerprint density at radius 1 is 1.06 bits per heavy atom. The second kappa shape index (κ2) is 10.7. The molecule has 4 aromatic rings. The summed E-state index contributed by atoms with van der Waals surface area (Å²) in [5.74, 6) is 0.232. The van der Waals surface area contributed by atoms with Crippen molar-refractivity contribution < 1.29 is 9.72 Å². The molecule has 1 heterocycles. The average Bonchev–Trinajstić information content (AvgIpc) is 3.28. The van der Waals surface area contributed by atoms with Gasteiger partial charge in [-0.15, -0.1) is 10.2 Å². The highest BCUT2D eigenvalue weighted by atomic mass is 35.5. The van der Waals surface area contributed by atoms with Gasteiger partial charge in [0, 0.05) is 22.3 Å². The molecule has 0 fully saturated rings. The molecule has 3 aromatic carbocycles. The number of para-hydroxylation sites is 2. The van der Waals surface area contributed by atoms with Gasteiger partial charge in [-0.1, -0.05) is 53.7 Å². The Morgan fingerprint density at radius 3 is 2.50 bits per heavy atom. The Labute approximate surface area is 203 Å². The number of nitrogens with one attached hydrogen (secondary N) is 1. The van der Waals surface area contributed by atoms with Gasteiger partial charge in [0.1, 0.15) is 0 Å². The van der Waals surface area contributed by atoms with Gasteiger partial charge in [-0.3, -0.25) is 19.5 Å². The topological polar surface area (TPSA) is 115 Å². The van der Waals surface area contributed by atoms with Crippen molar-refractivity contribution in [2.24, 2.45) is 5.10 Å². The van der Waals surface area contributed by atoms with Gasteiger partial charge in [0.2, 0.25) is 0 Å². The normalized spacial score (nSPS) is 11.0. The molecule has 11 heteroatoms. The van der Waals surface area contributed by atoms with Gasteiger partial charge in [-0.25, -0.2) is 5.43 Å². The molecule has 0 aliphatic heterocycles. The standard InChI is InChI=1S/C23H17ClN6O3S/c24-18-12-10-16(11-13-18)22-27-28-23(29(22)19-7-2-1-3-8-19)34-15-21(31)26-25-14-17-6-4-5-9-20(17)30(32)33/h1-14H,15H2,(H,26,31)/b25-14+. The maximum absolute atomic E-state index is 12.3. The van der Waals surface area contributed by atoms with Gasteiger partial charge in [0.25, 0.3) is 11.6 Å². The van der Waals surface area contributed by atoms with Crippen molar-refractivity contribution in [3.63, 3.8) is 0 Å². The molecular weight excluding hydrogens is 476 g/mol. The summed E-state index contributed by atoms with van der Waals surface area (Å²) in [6.07, 6.45) is 1.24. The Kier molecular flexibility index (Phi) is 7.31. The van der Waals surface area contributed by atoms with E-state index in [9.17, 15) is 14.9 Å². The maximum Gasteiger partial charge on any atom is 0.278 e. The number of aromatic nitrogens is 3. The zero-order chi connectivity index (χ0) is 23.9. The number of hydrazone groups is 1. The maximum atomic E-state index is 12.3. The third-order valence-electron chi connectivity index (χ3n) is 4.61. The number of nitrogens with zero attached hydrogens (tertiary/aromatic N) is 5. The number of nitro benzene ring substituents is 1. The summed E-state index contributed by atoms with van der Waals surface area (Å²) in [5.41, 5.74) is 4.25. The number of nitro groups is 1. The third-order valence-corrected chi connectivity index (χ3v) is 5.79. The molecule has 34 heavy (non-hydrogen) atoms. The fraction of sp³-hybridized carbons (Fsp3) is 0.0435. The Hall–Kier alpha value is -4.02. The fourth-order valence-corrected chi connectivity index (χ4v) is 3.93. The highest BCUT2D eigenvalue weighted by molar-refractivity contribution is 7.99. The summed E-state index contributed by atoms with van der Waals surface area (Å²) < 4.78 is 1.86. The zero-order valence-corrected chi connectivity index (χ0v) is 19.1. The van der Waals surface area contributed by atoms with Crippen LogP contribution in [0.2, 0.25) is 5.02 Å². The van der Waals surface area contributed by atoms with Crippen molar-refractivity contribution >= 4 is 41.2 Å². The molecule has 0 bridgehead atoms. The number of carbonyl (C=O) groups excluding carboxylic acids is 1. The first kappa shape index (κ1) is 23.1. The molecule has 0 spiro atoms. The second-order valence-electron chi connectivity index (χ2n) is 6.88. The van der Waals surface area contributed by atoms with E-state index in [1.807, 2.05) is 47.0 Å². The predicted molar refractivity (Wildman–Crippen MR) is 131 cm³/mol. The lowest BCUT2D eigenvalue weighted by molar-refractivity contribution is -0.385. The molecule has 0 saturated heterocycles. The summed E-state index contributed by atoms with van der Waals surface area (Å²) in [6, 6.07) is 22.9. The Morgan fingerprint density at radius 2 is 1.76 bits per heavy atom. The first-order chi connectivity index (χ1) is 16.5. The van der Waals surface area contributed by atoms with Crippen LogP contribution >= 0.6 is 23.4 Å². The van der Waals surface area contributed by atoms with E-state index in [4.69, 9.17) is 11.6 Å². The highest BCUT2D eigenvalue weighted by Crippen LogP contribution is 2.28. The minimum absolute atomic E-state index is 0.0137. The van der Waals surface area contributed by atoms with E-state index in [1.54, 1.807) is 30.3 Å². The molecule has 0 atom stereocenters. The molecule has 0 unspecified atom stereocenters. The van der Waals surface area contributed by atoms with Crippen molar-refractivity contribution in [3.8, 4) is 17.1 Å². The number of hydrogen-bond donors (Lipinski definition) is 1. The van der Waals surface area contributed by atoms with Crippen LogP contribution in [0.15, 0.2) is 89.1 Å². The van der Waals surface area contributed by atoms with Gasteiger partial charge < -0.3 is 0 Å². The van der Waals surface area contributed by atoms with Crippen molar-refractivity contribution in [1.29, 1.82) is 0 Å². The van der Waals surface area contributed by atoms with Crippen LogP contribution in [0.1, 0.15) is 5.56 Å². The Balaban J connectivity index is 1.49. The van der Waals surface area contributed by atoms with Crippen LogP contribution < -0.4 is 5.43 Å². The summed E-state index contributed by atoms with van der Waals surface area (Å²) in [7, 11) is 0. The van der Waals surface area contributed by atoms with Gasteiger partial charge in [0.05, 0.1) is 22.5 Å². The van der Waals surface area contributed by atoms with Crippen LogP contribution in [0.4, 0.5) is 5.69 Å². The molecule has 1 amide bonds. The number of rotatable bonds is 8. The zero-order valence-electron chi connectivity index (χ0n) is 17.5. The van der Waals surface area contributed by atoms with Crippen LogP contribution in [-0.2, 0) is 4.79 Å². The SMILES string of the molecule is O=C(CSc1nnc(-c2ccc(Cl)cc2)n1-c1ccccc1)N/N=C/c1ccccc1[N+](=O)[O-]. The summed E-state index contributed by atoms with van der Waals surface area (Å²) in [4.78, 5) is 22.9. The van der Waals surface area contributed by atoms with E-state index in [2.05, 4.69) is 20.7 Å². The summed E-state index contributed by atoms with van der Waals surface area (Å²) >= 11 is 7.21. The van der Waals surface area contributed by atoms with Gasteiger partial charge >= 0.3 is 0 Å². The van der Waals surface area contributed by atoms with E-state index in [0.717, 1.165) is 11.3 Å². The van der Waals surface area contributed by atoms with Gasteiger partial charge in [-0.05, 0) is 42.5 Å². The molecule has 1 N–H and O–H groups in total. The number of amides is 1.